The number of furan rings is 1. The summed E-state index contributed by atoms with van der Waals surface area (Å²) in [6.45, 7) is 4.08. The Kier molecular flexibility index (Phi) is 6.22. The van der Waals surface area contributed by atoms with Gasteiger partial charge in [0.05, 0.1) is 22.9 Å². The summed E-state index contributed by atoms with van der Waals surface area (Å²) in [6.07, 6.45) is 1.72. The van der Waals surface area contributed by atoms with Crippen LogP contribution in [0, 0.1) is 13.8 Å². The molecule has 9 heteroatoms. The number of aromatic carboxylic acids is 2. The number of benzene rings is 2. The highest BCUT2D eigenvalue weighted by Crippen LogP contribution is 2.43. The van der Waals surface area contributed by atoms with Crippen LogP contribution in [0.4, 0.5) is 5.69 Å². The fraction of sp³-hybridized carbons (Fsp3) is 0.143. The normalized spacial score (nSPS) is 17.0. The van der Waals surface area contributed by atoms with E-state index in [-0.39, 0.29) is 17.2 Å². The van der Waals surface area contributed by atoms with Gasteiger partial charge < -0.3 is 24.8 Å². The molecule has 37 heavy (non-hydrogen) atoms. The third-order valence-electron chi connectivity index (χ3n) is 6.50. The summed E-state index contributed by atoms with van der Waals surface area (Å²) >= 11 is 5.76. The Labute approximate surface area is 218 Å². The fourth-order valence-corrected chi connectivity index (χ4v) is 4.83. The zero-order valence-electron chi connectivity index (χ0n) is 20.0. The summed E-state index contributed by atoms with van der Waals surface area (Å²) in [6, 6.07) is 18.5. The monoisotopic (exact) mass is 513 g/mol. The minimum absolute atomic E-state index is 0.139. The quantitative estimate of drug-likeness (QED) is 0.286. The lowest BCUT2D eigenvalue weighted by Crippen LogP contribution is -2.29. The molecule has 1 saturated heterocycles. The van der Waals surface area contributed by atoms with Gasteiger partial charge >= 0.3 is 11.9 Å². The van der Waals surface area contributed by atoms with E-state index >= 15 is 0 Å². The highest BCUT2D eigenvalue weighted by Gasteiger charge is 2.42. The van der Waals surface area contributed by atoms with Crippen molar-refractivity contribution in [2.75, 3.05) is 4.90 Å². The van der Waals surface area contributed by atoms with E-state index in [0.717, 1.165) is 28.6 Å². The number of rotatable bonds is 6. The van der Waals surface area contributed by atoms with Crippen LogP contribution in [0.25, 0.3) is 11.3 Å². The molecule has 1 aliphatic rings. The summed E-state index contributed by atoms with van der Waals surface area (Å²) in [5.41, 5.74) is 4.02. The van der Waals surface area contributed by atoms with E-state index < -0.39 is 18.0 Å². The van der Waals surface area contributed by atoms with Crippen LogP contribution >= 0.6 is 12.2 Å². The number of pyridine rings is 1. The van der Waals surface area contributed by atoms with Crippen LogP contribution in [0.1, 0.15) is 55.4 Å². The molecule has 4 aromatic rings. The number of anilines is 1. The lowest BCUT2D eigenvalue weighted by Gasteiger charge is -2.26. The summed E-state index contributed by atoms with van der Waals surface area (Å²) in [5.74, 6) is -1.54. The number of nitrogens with zero attached hydrogens (tertiary/aromatic N) is 2. The number of carboxylic acids is 2. The number of aromatic nitrogens is 1. The number of hydrogen-bond acceptors (Lipinski definition) is 5. The summed E-state index contributed by atoms with van der Waals surface area (Å²) in [7, 11) is 0. The first-order chi connectivity index (χ1) is 17.7. The lowest BCUT2D eigenvalue weighted by atomic mass is 10.0. The first kappa shape index (κ1) is 24.2. The van der Waals surface area contributed by atoms with Gasteiger partial charge in [0, 0.05) is 17.4 Å². The van der Waals surface area contributed by atoms with E-state index in [4.69, 9.17) is 16.6 Å². The van der Waals surface area contributed by atoms with Crippen molar-refractivity contribution in [2.24, 2.45) is 0 Å². The van der Waals surface area contributed by atoms with E-state index in [1.165, 1.54) is 12.1 Å². The minimum Gasteiger partial charge on any atom is -0.478 e. The number of hydrogen-bond donors (Lipinski definition) is 3. The molecule has 0 saturated carbocycles. The third kappa shape index (κ3) is 4.56. The highest BCUT2D eigenvalue weighted by atomic mass is 32.1. The maximum Gasteiger partial charge on any atom is 0.335 e. The minimum atomic E-state index is -1.22. The van der Waals surface area contributed by atoms with Crippen LogP contribution in [0.15, 0.2) is 77.3 Å². The Morgan fingerprint density at radius 3 is 2.30 bits per heavy atom. The maximum atomic E-state index is 11.6. The molecule has 3 heterocycles. The average Bonchev–Trinajstić information content (AvgIpc) is 3.50. The standard InChI is InChI=1S/C28H23N3O5S/c1-15-6-7-20(11-16(15)2)31-25(24(30-28(31)37)21-5-3-4-10-29-21)23-9-8-22(36-23)17-12-18(26(32)33)14-19(13-17)27(34)35/h3-14,24-25H,1-2H3,(H,30,37)(H,32,33)(H,34,35)/t24-,25-/m0/s1. The van der Waals surface area contributed by atoms with Gasteiger partial charge in [-0.05, 0) is 91.8 Å². The second kappa shape index (κ2) is 9.51. The van der Waals surface area contributed by atoms with Gasteiger partial charge in [-0.1, -0.05) is 12.1 Å². The molecule has 0 aliphatic carbocycles. The van der Waals surface area contributed by atoms with Crippen LogP contribution < -0.4 is 10.2 Å². The van der Waals surface area contributed by atoms with Gasteiger partial charge in [-0.25, -0.2) is 9.59 Å². The molecule has 5 rings (SSSR count). The molecule has 2 aromatic heterocycles. The van der Waals surface area contributed by atoms with Crippen molar-refractivity contribution in [1.82, 2.24) is 10.3 Å². The lowest BCUT2D eigenvalue weighted by molar-refractivity contribution is 0.0696. The summed E-state index contributed by atoms with van der Waals surface area (Å²) in [5, 5.41) is 22.8. The molecule has 0 unspecified atom stereocenters. The number of nitrogens with one attached hydrogen (secondary N) is 1. The Balaban J connectivity index is 1.62. The molecule has 1 aliphatic heterocycles. The molecule has 2 atom stereocenters. The molecule has 0 amide bonds. The predicted molar refractivity (Wildman–Crippen MR) is 142 cm³/mol. The van der Waals surface area contributed by atoms with Crippen LogP contribution in [-0.2, 0) is 0 Å². The van der Waals surface area contributed by atoms with Gasteiger partial charge in [0.1, 0.15) is 17.6 Å². The highest BCUT2D eigenvalue weighted by molar-refractivity contribution is 7.80. The Morgan fingerprint density at radius 2 is 1.68 bits per heavy atom. The second-order valence-corrected chi connectivity index (χ2v) is 9.26. The second-order valence-electron chi connectivity index (χ2n) is 8.88. The molecule has 0 radical (unpaired) electrons. The van der Waals surface area contributed by atoms with E-state index in [9.17, 15) is 19.8 Å². The molecule has 0 spiro atoms. The van der Waals surface area contributed by atoms with Crippen molar-refractivity contribution in [3.8, 4) is 11.3 Å². The van der Waals surface area contributed by atoms with Crippen molar-refractivity contribution in [3.05, 3.63) is 107 Å². The zero-order chi connectivity index (χ0) is 26.3. The number of carbonyl (C=O) groups is 2. The topological polar surface area (TPSA) is 116 Å². The molecule has 1 fully saturated rings. The maximum absolute atomic E-state index is 11.6. The molecule has 186 valence electrons. The van der Waals surface area contributed by atoms with Crippen molar-refractivity contribution >= 4 is 35.0 Å². The molecule has 0 bridgehead atoms. The SMILES string of the molecule is Cc1ccc(N2C(=S)N[C@@H](c3ccccn3)[C@@H]2c2ccc(-c3cc(C(=O)O)cc(C(=O)O)c3)o2)cc1C. The largest absolute Gasteiger partial charge is 0.478 e. The van der Waals surface area contributed by atoms with Gasteiger partial charge in [-0.2, -0.15) is 0 Å². The van der Waals surface area contributed by atoms with Gasteiger partial charge in [0.2, 0.25) is 0 Å². The van der Waals surface area contributed by atoms with Crippen molar-refractivity contribution in [2.45, 2.75) is 25.9 Å². The van der Waals surface area contributed by atoms with Crippen LogP contribution in [0.2, 0.25) is 0 Å². The Hall–Kier alpha value is -4.50. The Bertz CT molecular complexity index is 1500. The molecular weight excluding hydrogens is 490 g/mol. The van der Waals surface area contributed by atoms with Gasteiger partial charge in [0.15, 0.2) is 5.11 Å². The van der Waals surface area contributed by atoms with Gasteiger partial charge in [-0.15, -0.1) is 0 Å². The van der Waals surface area contributed by atoms with Crippen LogP contribution in [0.3, 0.4) is 0 Å². The average molecular weight is 514 g/mol. The zero-order valence-corrected chi connectivity index (χ0v) is 20.8. The van der Waals surface area contributed by atoms with Gasteiger partial charge in [0.25, 0.3) is 0 Å². The number of carboxylic acid groups (broad SMARTS) is 2. The molecular formula is C28H23N3O5S. The fourth-order valence-electron chi connectivity index (χ4n) is 4.48. The predicted octanol–water partition coefficient (Wildman–Crippen LogP) is 5.53. The molecule has 3 N–H and O–H groups in total. The first-order valence-corrected chi connectivity index (χ1v) is 11.9. The van der Waals surface area contributed by atoms with E-state index in [2.05, 4.69) is 16.4 Å². The first-order valence-electron chi connectivity index (χ1n) is 11.5. The van der Waals surface area contributed by atoms with Crippen molar-refractivity contribution in [3.63, 3.8) is 0 Å². The summed E-state index contributed by atoms with van der Waals surface area (Å²) in [4.78, 5) is 29.7. The third-order valence-corrected chi connectivity index (χ3v) is 6.81. The smallest absolute Gasteiger partial charge is 0.335 e. The summed E-state index contributed by atoms with van der Waals surface area (Å²) < 4.78 is 6.27. The van der Waals surface area contributed by atoms with Crippen molar-refractivity contribution < 1.29 is 24.2 Å². The van der Waals surface area contributed by atoms with E-state index in [1.54, 1.807) is 18.3 Å². The van der Waals surface area contributed by atoms with E-state index in [1.807, 2.05) is 49.1 Å². The van der Waals surface area contributed by atoms with Crippen molar-refractivity contribution in [1.29, 1.82) is 0 Å². The van der Waals surface area contributed by atoms with Gasteiger partial charge in [-0.3, -0.25) is 4.98 Å². The van der Waals surface area contributed by atoms with E-state index in [0.29, 0.717) is 22.2 Å². The van der Waals surface area contributed by atoms with Crippen LogP contribution in [0.5, 0.6) is 0 Å². The Morgan fingerprint density at radius 1 is 0.946 bits per heavy atom. The van der Waals surface area contributed by atoms with Crippen LogP contribution in [-0.4, -0.2) is 32.2 Å². The molecule has 8 nitrogen and oxygen atoms in total. The number of aryl methyl sites for hydroxylation is 2. The molecule has 2 aromatic carbocycles. The number of thiocarbonyl (C=S) groups is 1.